The van der Waals surface area contributed by atoms with Crippen molar-refractivity contribution in [2.24, 2.45) is 0 Å². The summed E-state index contributed by atoms with van der Waals surface area (Å²) in [6.07, 6.45) is 8.27. The number of fused-ring (bicyclic) bond motifs is 4. The maximum atomic E-state index is 9.78. The quantitative estimate of drug-likeness (QED) is 0.125. The number of aliphatic hydroxyl groups excluding tert-OH is 2. The van der Waals surface area contributed by atoms with E-state index in [1.54, 1.807) is 14.2 Å². The van der Waals surface area contributed by atoms with E-state index in [2.05, 4.69) is 60.7 Å². The molecule has 0 saturated heterocycles. The topological polar surface area (TPSA) is 58.9 Å². The highest BCUT2D eigenvalue weighted by molar-refractivity contribution is 5.47. The molecule has 0 aromatic heterocycles. The van der Waals surface area contributed by atoms with Gasteiger partial charge >= 0.3 is 0 Å². The van der Waals surface area contributed by atoms with Crippen LogP contribution in [-0.4, -0.2) is 24.4 Å². The van der Waals surface area contributed by atoms with Crippen LogP contribution in [0.2, 0.25) is 0 Å². The van der Waals surface area contributed by atoms with Crippen molar-refractivity contribution in [2.45, 2.75) is 64.6 Å². The average Bonchev–Trinajstić information content (AvgIpc) is 3.09. The van der Waals surface area contributed by atoms with Gasteiger partial charge in [-0.05, 0) is 139 Å². The number of hydrogen-bond donors (Lipinski definition) is 2. The number of benzene rings is 5. The summed E-state index contributed by atoms with van der Waals surface area (Å²) in [5.41, 5.74) is 7.12. The Labute approximate surface area is 269 Å². The predicted octanol–water partition coefficient (Wildman–Crippen LogP) is 7.59. The van der Waals surface area contributed by atoms with Crippen molar-refractivity contribution in [3.63, 3.8) is 0 Å². The van der Waals surface area contributed by atoms with Gasteiger partial charge in [-0.2, -0.15) is 0 Å². The Morgan fingerprint density at radius 1 is 0.435 bits per heavy atom. The highest BCUT2D eigenvalue weighted by atomic mass is 16.5. The fourth-order valence-electron chi connectivity index (χ4n) is 7.51. The third kappa shape index (κ3) is 5.50. The molecule has 5 aromatic carbocycles. The second-order valence-electron chi connectivity index (χ2n) is 12.6. The first-order valence-electron chi connectivity index (χ1n) is 16.6. The Kier molecular flexibility index (Phi) is 8.66. The zero-order chi connectivity index (χ0) is 31.6. The molecular formula is C42H42O4. The van der Waals surface area contributed by atoms with E-state index >= 15 is 0 Å². The minimum absolute atomic E-state index is 0.0786. The first-order valence-corrected chi connectivity index (χ1v) is 16.6. The second-order valence-corrected chi connectivity index (χ2v) is 12.6. The molecule has 0 atom stereocenters. The number of aryl methyl sites for hydroxylation is 4. The van der Waals surface area contributed by atoms with Gasteiger partial charge in [-0.1, -0.05) is 72.8 Å². The predicted molar refractivity (Wildman–Crippen MR) is 181 cm³/mol. The number of unbranched alkanes of at least 4 members (excludes halogenated alkanes) is 2. The van der Waals surface area contributed by atoms with Crippen LogP contribution in [0.25, 0.3) is 0 Å². The Hall–Kier alpha value is -4.38. The average molecular weight is 611 g/mol. The summed E-state index contributed by atoms with van der Waals surface area (Å²) in [5, 5.41) is 29.6. The van der Waals surface area contributed by atoms with E-state index in [-0.39, 0.29) is 13.2 Å². The van der Waals surface area contributed by atoms with Gasteiger partial charge in [-0.15, -0.1) is 0 Å². The highest BCUT2D eigenvalue weighted by Crippen LogP contribution is 2.32. The largest absolute Gasteiger partial charge is 0.496 e. The summed E-state index contributed by atoms with van der Waals surface area (Å²) in [6, 6.07) is 30.3. The van der Waals surface area contributed by atoms with Crippen LogP contribution in [0.5, 0.6) is 11.5 Å². The lowest BCUT2D eigenvalue weighted by Gasteiger charge is -2.15. The summed E-state index contributed by atoms with van der Waals surface area (Å²) < 4.78 is 11.7. The lowest BCUT2D eigenvalue weighted by Crippen LogP contribution is -2.01. The second kappa shape index (κ2) is 13.2. The van der Waals surface area contributed by atoms with Gasteiger partial charge in [0.15, 0.2) is 0 Å². The van der Waals surface area contributed by atoms with Crippen LogP contribution in [0, 0.1) is 41.7 Å². The van der Waals surface area contributed by atoms with Gasteiger partial charge in [0.1, 0.15) is 11.5 Å². The molecule has 0 aliphatic heterocycles. The number of hydrogen-bond acceptors (Lipinski definition) is 4. The molecule has 0 amide bonds. The minimum atomic E-state index is 0.0786. The molecule has 0 heterocycles. The van der Waals surface area contributed by atoms with E-state index in [9.17, 15) is 10.2 Å². The van der Waals surface area contributed by atoms with Crippen LogP contribution in [0.4, 0.5) is 0 Å². The van der Waals surface area contributed by atoms with Crippen LogP contribution < -0.4 is 9.47 Å². The van der Waals surface area contributed by atoms with E-state index in [1.807, 2.05) is 24.3 Å². The molecule has 2 aliphatic rings. The molecule has 0 radical (unpaired) electrons. The third-order valence-corrected chi connectivity index (χ3v) is 9.94. The molecule has 0 fully saturated rings. The van der Waals surface area contributed by atoms with Crippen molar-refractivity contribution in [3.05, 3.63) is 160 Å². The summed E-state index contributed by atoms with van der Waals surface area (Å²) in [6.45, 7) is 0.157. The van der Waals surface area contributed by atoms with E-state index in [1.165, 1.54) is 64.0 Å². The molecule has 234 valence electrons. The van der Waals surface area contributed by atoms with E-state index in [0.717, 1.165) is 74.0 Å². The zero-order valence-electron chi connectivity index (χ0n) is 26.9. The van der Waals surface area contributed by atoms with Gasteiger partial charge < -0.3 is 19.7 Å². The monoisotopic (exact) mass is 610 g/mol. The van der Waals surface area contributed by atoms with Crippen molar-refractivity contribution in [2.75, 3.05) is 14.2 Å². The fraction of sp³-hybridized carbons (Fsp3) is 0.286. The van der Waals surface area contributed by atoms with E-state index in [0.29, 0.717) is 0 Å². The van der Waals surface area contributed by atoms with Gasteiger partial charge in [0.05, 0.1) is 27.4 Å². The van der Waals surface area contributed by atoms with Crippen LogP contribution in [0.3, 0.4) is 0 Å². The molecule has 5 aromatic rings. The maximum absolute atomic E-state index is 9.78. The molecule has 0 saturated carbocycles. The van der Waals surface area contributed by atoms with Crippen LogP contribution >= 0.6 is 0 Å². The number of rotatable bonds is 14. The first kappa shape index (κ1) is 30.3. The lowest BCUT2D eigenvalue weighted by atomic mass is 9.94. The molecule has 46 heavy (non-hydrogen) atoms. The summed E-state index contributed by atoms with van der Waals surface area (Å²) in [5.74, 6) is 1.90. The van der Waals surface area contributed by atoms with E-state index in [4.69, 9.17) is 9.47 Å². The van der Waals surface area contributed by atoms with Gasteiger partial charge in [0.25, 0.3) is 0 Å². The normalized spacial score (nSPS) is 11.9. The Morgan fingerprint density at radius 2 is 0.870 bits per heavy atom. The maximum Gasteiger partial charge on any atom is 0.122 e. The van der Waals surface area contributed by atoms with Crippen molar-refractivity contribution < 1.29 is 19.7 Å². The molecule has 0 bridgehead atoms. The SMILES string of the molecule is COc1cc(CCCCc2ccc3c(c2)=c2c(CO)cccc2=3)c(OC)cc1CCCCc1ccc2c(c1)=c1c(CO)cccc1=2. The van der Waals surface area contributed by atoms with Gasteiger partial charge in [-0.25, -0.2) is 0 Å². The highest BCUT2D eigenvalue weighted by Gasteiger charge is 2.13. The Balaban J connectivity index is 0.955. The molecule has 7 rings (SSSR count). The van der Waals surface area contributed by atoms with Crippen LogP contribution in [0.1, 0.15) is 59.1 Å². The molecule has 0 unspecified atom stereocenters. The minimum Gasteiger partial charge on any atom is -0.496 e. The summed E-state index contributed by atoms with van der Waals surface area (Å²) in [7, 11) is 3.53. The summed E-state index contributed by atoms with van der Waals surface area (Å²) >= 11 is 0. The van der Waals surface area contributed by atoms with Crippen molar-refractivity contribution in [1.29, 1.82) is 0 Å². The van der Waals surface area contributed by atoms with Crippen LogP contribution in [0.15, 0.2) is 84.9 Å². The number of methoxy groups -OCH3 is 2. The van der Waals surface area contributed by atoms with Crippen LogP contribution in [-0.2, 0) is 38.9 Å². The third-order valence-electron chi connectivity index (χ3n) is 9.94. The number of ether oxygens (including phenoxy) is 2. The first-order chi connectivity index (χ1) is 22.6. The Morgan fingerprint density at radius 3 is 1.28 bits per heavy atom. The lowest BCUT2D eigenvalue weighted by molar-refractivity contribution is 0.280. The van der Waals surface area contributed by atoms with Crippen molar-refractivity contribution in [1.82, 2.24) is 0 Å². The molecule has 2 N–H and O–H groups in total. The molecule has 4 nitrogen and oxygen atoms in total. The number of aliphatic hydroxyl groups is 2. The van der Waals surface area contributed by atoms with Crippen molar-refractivity contribution in [3.8, 4) is 11.5 Å². The zero-order valence-corrected chi connectivity index (χ0v) is 26.9. The smallest absolute Gasteiger partial charge is 0.122 e. The standard InChI is InChI=1S/C42H42O4/c1-45-39-23-30(12-6-4-10-28-18-20-34-36-16-8-14-32(26-44)42(36)38(34)22-28)40(46-2)24-29(39)11-5-3-9-27-17-19-33-35-15-7-13-31(25-43)41(35)37(33)21-27/h7-8,13-24,43-44H,3-6,9-12,25-26H2,1-2H3. The Bertz CT molecular complexity index is 2160. The summed E-state index contributed by atoms with van der Waals surface area (Å²) in [4.78, 5) is 0. The molecule has 2 aliphatic carbocycles. The van der Waals surface area contributed by atoms with Gasteiger partial charge in [0, 0.05) is 0 Å². The fourth-order valence-corrected chi connectivity index (χ4v) is 7.51. The molecule has 4 heteroatoms. The van der Waals surface area contributed by atoms with Crippen molar-refractivity contribution >= 4 is 0 Å². The van der Waals surface area contributed by atoms with Gasteiger partial charge in [0.2, 0.25) is 0 Å². The molecule has 0 spiro atoms. The van der Waals surface area contributed by atoms with E-state index < -0.39 is 0 Å². The molecular weight excluding hydrogens is 568 g/mol. The van der Waals surface area contributed by atoms with Gasteiger partial charge in [-0.3, -0.25) is 0 Å².